The number of ether oxygens (including phenoxy) is 1. The van der Waals surface area contributed by atoms with Gasteiger partial charge in [-0.25, -0.2) is 0 Å². The largest absolute Gasteiger partial charge is 0.497 e. The number of H-pyrrole nitrogens is 1. The highest BCUT2D eigenvalue weighted by Gasteiger charge is 2.08. The van der Waals surface area contributed by atoms with E-state index in [-0.39, 0.29) is 5.91 Å². The fourth-order valence-corrected chi connectivity index (χ4v) is 3.08. The summed E-state index contributed by atoms with van der Waals surface area (Å²) in [5.74, 6) is 0.794. The third kappa shape index (κ3) is 3.67. The summed E-state index contributed by atoms with van der Waals surface area (Å²) in [7, 11) is 1.66. The van der Waals surface area contributed by atoms with Crippen LogP contribution in [0.5, 0.6) is 5.75 Å². The lowest BCUT2D eigenvalue weighted by molar-refractivity contribution is 0.0954. The minimum Gasteiger partial charge on any atom is -0.497 e. The molecule has 0 aliphatic rings. The van der Waals surface area contributed by atoms with Gasteiger partial charge in [-0.1, -0.05) is 6.07 Å². The van der Waals surface area contributed by atoms with E-state index in [0.717, 1.165) is 26.6 Å². The standard InChI is InChI=1S/C18H17IN2O2/c1-23-15-5-6-17-16(10-15)13(11-21-17)7-8-20-18(22)12-3-2-4-14(19)9-12/h2-6,9-11,21H,7-8H2,1H3,(H,20,22). The van der Waals surface area contributed by atoms with Crippen LogP contribution in [-0.2, 0) is 6.42 Å². The van der Waals surface area contributed by atoms with E-state index in [4.69, 9.17) is 4.74 Å². The molecule has 1 amide bonds. The lowest BCUT2D eigenvalue weighted by atomic mass is 10.1. The van der Waals surface area contributed by atoms with Gasteiger partial charge in [0, 0.05) is 32.8 Å². The molecule has 23 heavy (non-hydrogen) atoms. The van der Waals surface area contributed by atoms with Gasteiger partial charge >= 0.3 is 0 Å². The first-order valence-electron chi connectivity index (χ1n) is 7.35. The van der Waals surface area contributed by atoms with E-state index in [1.54, 1.807) is 7.11 Å². The summed E-state index contributed by atoms with van der Waals surface area (Å²) in [5, 5.41) is 4.10. The number of aromatic nitrogens is 1. The van der Waals surface area contributed by atoms with Gasteiger partial charge in [0.25, 0.3) is 5.91 Å². The Morgan fingerprint density at radius 1 is 1.26 bits per heavy atom. The quantitative estimate of drug-likeness (QED) is 0.618. The van der Waals surface area contributed by atoms with Crippen molar-refractivity contribution in [3.8, 4) is 5.75 Å². The van der Waals surface area contributed by atoms with Crippen LogP contribution in [0.2, 0.25) is 0 Å². The number of aromatic amines is 1. The summed E-state index contributed by atoms with van der Waals surface area (Å²) in [6.45, 7) is 0.592. The highest BCUT2D eigenvalue weighted by Crippen LogP contribution is 2.23. The predicted octanol–water partition coefficient (Wildman–Crippen LogP) is 3.75. The van der Waals surface area contributed by atoms with Gasteiger partial charge in [-0.3, -0.25) is 4.79 Å². The first-order chi connectivity index (χ1) is 11.2. The maximum atomic E-state index is 12.1. The molecule has 0 fully saturated rings. The SMILES string of the molecule is COc1ccc2[nH]cc(CCNC(=O)c3cccc(I)c3)c2c1. The van der Waals surface area contributed by atoms with Crippen molar-refractivity contribution < 1.29 is 9.53 Å². The molecule has 4 nitrogen and oxygen atoms in total. The second-order valence-electron chi connectivity index (χ2n) is 5.24. The number of amides is 1. The Balaban J connectivity index is 1.66. The Kier molecular flexibility index (Phi) is 4.85. The van der Waals surface area contributed by atoms with E-state index in [0.29, 0.717) is 12.1 Å². The molecule has 0 aliphatic heterocycles. The van der Waals surface area contributed by atoms with Crippen LogP contribution in [0, 0.1) is 3.57 Å². The number of rotatable bonds is 5. The molecular formula is C18H17IN2O2. The number of hydrogen-bond acceptors (Lipinski definition) is 2. The molecule has 1 aromatic heterocycles. The third-order valence-corrected chi connectivity index (χ3v) is 4.41. The minimum absolute atomic E-state index is 0.0408. The second kappa shape index (κ2) is 7.04. The maximum Gasteiger partial charge on any atom is 0.251 e. The van der Waals surface area contributed by atoms with Gasteiger partial charge in [-0.15, -0.1) is 0 Å². The van der Waals surface area contributed by atoms with Crippen LogP contribution >= 0.6 is 22.6 Å². The number of nitrogens with one attached hydrogen (secondary N) is 2. The molecule has 2 aromatic carbocycles. The van der Waals surface area contributed by atoms with Crippen LogP contribution in [0.3, 0.4) is 0 Å². The number of benzene rings is 2. The van der Waals surface area contributed by atoms with Crippen molar-refractivity contribution in [2.45, 2.75) is 6.42 Å². The molecule has 0 atom stereocenters. The fourth-order valence-electron chi connectivity index (χ4n) is 2.53. The summed E-state index contributed by atoms with van der Waals surface area (Å²) in [6.07, 6.45) is 2.75. The van der Waals surface area contributed by atoms with Crippen molar-refractivity contribution in [3.63, 3.8) is 0 Å². The van der Waals surface area contributed by atoms with E-state index in [1.165, 1.54) is 5.56 Å². The Bertz CT molecular complexity index is 842. The number of halogens is 1. The Labute approximate surface area is 148 Å². The molecule has 0 bridgehead atoms. The van der Waals surface area contributed by atoms with Crippen LogP contribution in [0.1, 0.15) is 15.9 Å². The van der Waals surface area contributed by atoms with Crippen molar-refractivity contribution in [1.29, 1.82) is 0 Å². The molecule has 3 rings (SSSR count). The van der Waals surface area contributed by atoms with Gasteiger partial charge < -0.3 is 15.0 Å². The van der Waals surface area contributed by atoms with Crippen LogP contribution < -0.4 is 10.1 Å². The second-order valence-corrected chi connectivity index (χ2v) is 6.49. The van der Waals surface area contributed by atoms with Gasteiger partial charge in [0.05, 0.1) is 7.11 Å². The van der Waals surface area contributed by atoms with Crippen molar-refractivity contribution in [3.05, 3.63) is 63.4 Å². The summed E-state index contributed by atoms with van der Waals surface area (Å²) in [5.41, 5.74) is 2.93. The minimum atomic E-state index is -0.0408. The van der Waals surface area contributed by atoms with Crippen LogP contribution in [0.15, 0.2) is 48.7 Å². The van der Waals surface area contributed by atoms with E-state index < -0.39 is 0 Å². The van der Waals surface area contributed by atoms with Crippen molar-refractivity contribution in [2.24, 2.45) is 0 Å². The number of carbonyl (C=O) groups excluding carboxylic acids is 1. The Morgan fingerprint density at radius 3 is 2.91 bits per heavy atom. The van der Waals surface area contributed by atoms with Gasteiger partial charge in [-0.2, -0.15) is 0 Å². The molecule has 2 N–H and O–H groups in total. The first kappa shape index (κ1) is 15.9. The molecule has 1 heterocycles. The van der Waals surface area contributed by atoms with E-state index >= 15 is 0 Å². The third-order valence-electron chi connectivity index (χ3n) is 3.74. The molecular weight excluding hydrogens is 403 g/mol. The van der Waals surface area contributed by atoms with E-state index in [9.17, 15) is 4.79 Å². The van der Waals surface area contributed by atoms with Crippen molar-refractivity contribution in [1.82, 2.24) is 10.3 Å². The molecule has 0 unspecified atom stereocenters. The Morgan fingerprint density at radius 2 is 2.13 bits per heavy atom. The van der Waals surface area contributed by atoms with Gasteiger partial charge in [-0.05, 0) is 71.0 Å². The normalized spacial score (nSPS) is 10.7. The highest BCUT2D eigenvalue weighted by molar-refractivity contribution is 14.1. The number of methoxy groups -OCH3 is 1. The molecule has 0 saturated heterocycles. The van der Waals surface area contributed by atoms with E-state index in [2.05, 4.69) is 32.9 Å². The summed E-state index contributed by atoms with van der Waals surface area (Å²) in [4.78, 5) is 15.4. The average molecular weight is 420 g/mol. The first-order valence-corrected chi connectivity index (χ1v) is 8.43. The lowest BCUT2D eigenvalue weighted by Crippen LogP contribution is -2.25. The summed E-state index contributed by atoms with van der Waals surface area (Å²) >= 11 is 2.21. The summed E-state index contributed by atoms with van der Waals surface area (Å²) in [6, 6.07) is 13.5. The van der Waals surface area contributed by atoms with Crippen molar-refractivity contribution >= 4 is 39.4 Å². The summed E-state index contributed by atoms with van der Waals surface area (Å²) < 4.78 is 6.33. The topological polar surface area (TPSA) is 54.1 Å². The maximum absolute atomic E-state index is 12.1. The van der Waals surface area contributed by atoms with Gasteiger partial charge in [0.15, 0.2) is 0 Å². The monoisotopic (exact) mass is 420 g/mol. The molecule has 0 spiro atoms. The Hall–Kier alpha value is -2.02. The zero-order chi connectivity index (χ0) is 16.2. The van der Waals surface area contributed by atoms with Gasteiger partial charge in [0.1, 0.15) is 5.75 Å². The van der Waals surface area contributed by atoms with Gasteiger partial charge in [0.2, 0.25) is 0 Å². The average Bonchev–Trinajstić information content (AvgIpc) is 2.97. The molecule has 0 radical (unpaired) electrons. The predicted molar refractivity (Wildman–Crippen MR) is 100 cm³/mol. The molecule has 0 saturated carbocycles. The van der Waals surface area contributed by atoms with Crippen molar-refractivity contribution in [2.75, 3.05) is 13.7 Å². The number of fused-ring (bicyclic) bond motifs is 1. The number of carbonyl (C=O) groups is 1. The zero-order valence-corrected chi connectivity index (χ0v) is 14.9. The molecule has 3 aromatic rings. The van der Waals surface area contributed by atoms with E-state index in [1.807, 2.05) is 48.7 Å². The van der Waals surface area contributed by atoms with Crippen LogP contribution in [-0.4, -0.2) is 24.5 Å². The van der Waals surface area contributed by atoms with Crippen LogP contribution in [0.25, 0.3) is 10.9 Å². The molecule has 5 heteroatoms. The van der Waals surface area contributed by atoms with Crippen LogP contribution in [0.4, 0.5) is 0 Å². The molecule has 0 aliphatic carbocycles. The highest BCUT2D eigenvalue weighted by atomic mass is 127. The fraction of sp³-hybridized carbons (Fsp3) is 0.167. The lowest BCUT2D eigenvalue weighted by Gasteiger charge is -2.06. The zero-order valence-electron chi connectivity index (χ0n) is 12.7. The number of hydrogen-bond donors (Lipinski definition) is 2. The molecule has 118 valence electrons. The smallest absolute Gasteiger partial charge is 0.251 e.